The second kappa shape index (κ2) is 6.98. The zero-order valence-corrected chi connectivity index (χ0v) is 15.9. The van der Waals surface area contributed by atoms with Crippen molar-refractivity contribution in [1.29, 1.82) is 0 Å². The number of amides is 1. The standard InChI is InChI=1S/C21H23N5O2/c1-14-9-17(10-14)21(27)25-7-8-28-18(13-25)20-23-19-5-4-16(12-26(19)24-20)15-3-2-6-22-11-15/h2-6,11-12,14,17-18H,7-10,13H2,1H3. The molecule has 7 nitrogen and oxygen atoms in total. The molecule has 1 aliphatic heterocycles. The Balaban J connectivity index is 1.36. The smallest absolute Gasteiger partial charge is 0.225 e. The highest BCUT2D eigenvalue weighted by Crippen LogP contribution is 2.35. The summed E-state index contributed by atoms with van der Waals surface area (Å²) in [6, 6.07) is 7.89. The maximum Gasteiger partial charge on any atom is 0.225 e. The summed E-state index contributed by atoms with van der Waals surface area (Å²) in [6.07, 6.45) is 7.26. The molecule has 0 N–H and O–H groups in total. The van der Waals surface area contributed by atoms with Gasteiger partial charge in [-0.05, 0) is 37.0 Å². The minimum absolute atomic E-state index is 0.185. The van der Waals surface area contributed by atoms with Crippen molar-refractivity contribution < 1.29 is 9.53 Å². The second-order valence-corrected chi connectivity index (χ2v) is 7.85. The molecule has 3 aromatic rings. The molecular formula is C21H23N5O2. The number of carbonyl (C=O) groups excluding carboxylic acids is 1. The van der Waals surface area contributed by atoms with Gasteiger partial charge in [0.1, 0.15) is 6.10 Å². The Hall–Kier alpha value is -2.80. The van der Waals surface area contributed by atoms with Crippen molar-refractivity contribution in [2.75, 3.05) is 19.7 Å². The Labute approximate surface area is 163 Å². The van der Waals surface area contributed by atoms with E-state index in [0.717, 1.165) is 29.6 Å². The molecule has 2 fully saturated rings. The summed E-state index contributed by atoms with van der Waals surface area (Å²) < 4.78 is 7.67. The van der Waals surface area contributed by atoms with Crippen LogP contribution in [-0.4, -0.2) is 50.1 Å². The average molecular weight is 377 g/mol. The molecule has 1 amide bonds. The van der Waals surface area contributed by atoms with Gasteiger partial charge in [-0.2, -0.15) is 0 Å². The van der Waals surface area contributed by atoms with Crippen LogP contribution in [0.15, 0.2) is 42.9 Å². The van der Waals surface area contributed by atoms with Gasteiger partial charge in [-0.1, -0.05) is 13.0 Å². The van der Waals surface area contributed by atoms with E-state index in [1.54, 1.807) is 10.7 Å². The highest BCUT2D eigenvalue weighted by molar-refractivity contribution is 5.79. The molecule has 1 aliphatic carbocycles. The Bertz CT molecular complexity index is 996. The number of hydrogen-bond acceptors (Lipinski definition) is 5. The summed E-state index contributed by atoms with van der Waals surface area (Å²) in [4.78, 5) is 23.4. The number of nitrogens with zero attached hydrogens (tertiary/aromatic N) is 5. The highest BCUT2D eigenvalue weighted by Gasteiger charge is 2.37. The number of fused-ring (bicyclic) bond motifs is 1. The van der Waals surface area contributed by atoms with Crippen LogP contribution >= 0.6 is 0 Å². The molecule has 1 saturated carbocycles. The van der Waals surface area contributed by atoms with E-state index in [9.17, 15) is 4.79 Å². The van der Waals surface area contributed by atoms with Crippen molar-refractivity contribution in [3.05, 3.63) is 48.7 Å². The zero-order chi connectivity index (χ0) is 19.1. The lowest BCUT2D eigenvalue weighted by atomic mass is 9.75. The first-order valence-corrected chi connectivity index (χ1v) is 9.84. The predicted molar refractivity (Wildman–Crippen MR) is 103 cm³/mol. The van der Waals surface area contributed by atoms with Crippen LogP contribution in [0.1, 0.15) is 31.7 Å². The Kier molecular flexibility index (Phi) is 4.31. The van der Waals surface area contributed by atoms with Crippen molar-refractivity contribution >= 4 is 11.6 Å². The molecule has 0 aromatic carbocycles. The van der Waals surface area contributed by atoms with E-state index in [2.05, 4.69) is 22.0 Å². The maximum atomic E-state index is 12.7. The summed E-state index contributed by atoms with van der Waals surface area (Å²) in [6.45, 7) is 3.90. The van der Waals surface area contributed by atoms with E-state index in [-0.39, 0.29) is 17.9 Å². The van der Waals surface area contributed by atoms with Crippen molar-refractivity contribution in [3.8, 4) is 11.1 Å². The molecule has 0 spiro atoms. The van der Waals surface area contributed by atoms with E-state index in [1.807, 2.05) is 41.6 Å². The molecule has 1 saturated heterocycles. The number of carbonyl (C=O) groups is 1. The summed E-state index contributed by atoms with van der Waals surface area (Å²) in [7, 11) is 0. The number of rotatable bonds is 3. The molecule has 1 unspecified atom stereocenters. The normalized spacial score (nSPS) is 24.9. The SMILES string of the molecule is CC1CC(C(=O)N2CCOC(c3nc4ccc(-c5cccnc5)cn4n3)C2)C1. The van der Waals surface area contributed by atoms with Crippen molar-refractivity contribution in [2.24, 2.45) is 11.8 Å². The van der Waals surface area contributed by atoms with Gasteiger partial charge >= 0.3 is 0 Å². The van der Waals surface area contributed by atoms with Crippen LogP contribution in [-0.2, 0) is 9.53 Å². The molecule has 144 valence electrons. The third-order valence-corrected chi connectivity index (χ3v) is 5.73. The van der Waals surface area contributed by atoms with Gasteiger partial charge in [-0.15, -0.1) is 5.10 Å². The van der Waals surface area contributed by atoms with E-state index in [1.165, 1.54) is 0 Å². The third-order valence-electron chi connectivity index (χ3n) is 5.73. The van der Waals surface area contributed by atoms with Crippen LogP contribution in [0.5, 0.6) is 0 Å². The van der Waals surface area contributed by atoms with Crippen LogP contribution in [0.2, 0.25) is 0 Å². The van der Waals surface area contributed by atoms with Gasteiger partial charge in [0.25, 0.3) is 0 Å². The molecule has 2 aliphatic rings. The van der Waals surface area contributed by atoms with Crippen LogP contribution < -0.4 is 0 Å². The fourth-order valence-corrected chi connectivity index (χ4v) is 4.11. The fourth-order valence-electron chi connectivity index (χ4n) is 4.11. The highest BCUT2D eigenvalue weighted by atomic mass is 16.5. The first-order chi connectivity index (χ1) is 13.7. The summed E-state index contributed by atoms with van der Waals surface area (Å²) in [5, 5.41) is 4.63. The van der Waals surface area contributed by atoms with E-state index in [0.29, 0.717) is 31.4 Å². The molecule has 1 atom stereocenters. The molecule has 4 heterocycles. The molecule has 28 heavy (non-hydrogen) atoms. The Morgan fingerprint density at radius 1 is 1.21 bits per heavy atom. The zero-order valence-electron chi connectivity index (χ0n) is 15.9. The summed E-state index contributed by atoms with van der Waals surface area (Å²) >= 11 is 0. The third kappa shape index (κ3) is 3.16. The summed E-state index contributed by atoms with van der Waals surface area (Å²) in [5.74, 6) is 1.74. The van der Waals surface area contributed by atoms with Gasteiger partial charge in [0, 0.05) is 42.2 Å². The monoisotopic (exact) mass is 377 g/mol. The molecule has 0 bridgehead atoms. The molecule has 7 heteroatoms. The molecule has 0 radical (unpaired) electrons. The number of aromatic nitrogens is 4. The lowest BCUT2D eigenvalue weighted by Crippen LogP contribution is -2.47. The van der Waals surface area contributed by atoms with Crippen LogP contribution in [0.4, 0.5) is 0 Å². The van der Waals surface area contributed by atoms with Gasteiger partial charge in [0.05, 0.1) is 13.2 Å². The number of pyridine rings is 2. The van der Waals surface area contributed by atoms with Crippen LogP contribution in [0.25, 0.3) is 16.8 Å². The van der Waals surface area contributed by atoms with Crippen molar-refractivity contribution in [2.45, 2.75) is 25.9 Å². The number of morpholine rings is 1. The number of hydrogen-bond donors (Lipinski definition) is 0. The lowest BCUT2D eigenvalue weighted by Gasteiger charge is -2.38. The second-order valence-electron chi connectivity index (χ2n) is 7.85. The van der Waals surface area contributed by atoms with Gasteiger partial charge < -0.3 is 9.64 Å². The average Bonchev–Trinajstić information content (AvgIpc) is 3.15. The van der Waals surface area contributed by atoms with Gasteiger partial charge in [0.2, 0.25) is 5.91 Å². The predicted octanol–water partition coefficient (Wildman–Crippen LogP) is 2.74. The quantitative estimate of drug-likeness (QED) is 0.702. The van der Waals surface area contributed by atoms with Crippen LogP contribution in [0, 0.1) is 11.8 Å². The largest absolute Gasteiger partial charge is 0.366 e. The van der Waals surface area contributed by atoms with Crippen LogP contribution in [0.3, 0.4) is 0 Å². The van der Waals surface area contributed by atoms with E-state index in [4.69, 9.17) is 4.74 Å². The molecule has 5 rings (SSSR count). The fraction of sp³-hybridized carbons (Fsp3) is 0.429. The first-order valence-electron chi connectivity index (χ1n) is 9.84. The van der Waals surface area contributed by atoms with E-state index >= 15 is 0 Å². The number of ether oxygens (including phenoxy) is 1. The first kappa shape index (κ1) is 17.3. The minimum Gasteiger partial charge on any atom is -0.366 e. The minimum atomic E-state index is -0.281. The Morgan fingerprint density at radius 2 is 2.11 bits per heavy atom. The lowest BCUT2D eigenvalue weighted by molar-refractivity contribution is -0.147. The van der Waals surface area contributed by atoms with E-state index < -0.39 is 0 Å². The van der Waals surface area contributed by atoms with Crippen molar-refractivity contribution in [3.63, 3.8) is 0 Å². The van der Waals surface area contributed by atoms with Crippen molar-refractivity contribution in [1.82, 2.24) is 24.5 Å². The van der Waals surface area contributed by atoms with Gasteiger partial charge in [0.15, 0.2) is 11.5 Å². The Morgan fingerprint density at radius 3 is 2.89 bits per heavy atom. The molecule has 3 aromatic heterocycles. The summed E-state index contributed by atoms with van der Waals surface area (Å²) in [5.41, 5.74) is 2.82. The topological polar surface area (TPSA) is 72.6 Å². The van der Waals surface area contributed by atoms with Gasteiger partial charge in [-0.3, -0.25) is 9.78 Å². The maximum absolute atomic E-state index is 12.7. The van der Waals surface area contributed by atoms with Gasteiger partial charge in [-0.25, -0.2) is 9.50 Å². The molecular weight excluding hydrogens is 354 g/mol.